The molecule has 0 aromatic carbocycles. The third-order valence-electron chi connectivity index (χ3n) is 1.89. The Bertz CT molecular complexity index is 123. The summed E-state index contributed by atoms with van der Waals surface area (Å²) in [7, 11) is 0. The van der Waals surface area contributed by atoms with Gasteiger partial charge in [-0.2, -0.15) is 0 Å². The van der Waals surface area contributed by atoms with E-state index in [-0.39, 0.29) is 0 Å². The van der Waals surface area contributed by atoms with Gasteiger partial charge in [0.2, 0.25) is 0 Å². The third kappa shape index (κ3) is 2.90. The van der Waals surface area contributed by atoms with Gasteiger partial charge in [0, 0.05) is 5.70 Å². The molecule has 0 fully saturated rings. The van der Waals surface area contributed by atoms with Crippen molar-refractivity contribution in [2.24, 2.45) is 11.7 Å². The molecule has 0 aromatic rings. The summed E-state index contributed by atoms with van der Waals surface area (Å²) >= 11 is 0. The van der Waals surface area contributed by atoms with E-state index in [1.54, 1.807) is 0 Å². The van der Waals surface area contributed by atoms with Gasteiger partial charge in [-0.1, -0.05) is 32.8 Å². The number of nitrogens with two attached hydrogens (primary N) is 1. The van der Waals surface area contributed by atoms with Gasteiger partial charge in [0.15, 0.2) is 0 Å². The second-order valence-corrected chi connectivity index (χ2v) is 3.11. The van der Waals surface area contributed by atoms with Gasteiger partial charge in [0.25, 0.3) is 0 Å². The summed E-state index contributed by atoms with van der Waals surface area (Å²) < 4.78 is 0. The lowest BCUT2D eigenvalue weighted by Gasteiger charge is -2.09. The Morgan fingerprint density at radius 2 is 1.90 bits per heavy atom. The normalized spacial score (nSPS) is 13.7. The molecule has 0 bridgehead atoms. The molecule has 60 valence electrons. The number of allylic oxidation sites excluding steroid dienone is 2. The lowest BCUT2D eigenvalue weighted by atomic mass is 10.0. The average Bonchev–Trinajstić information content (AvgIpc) is 1.87. The monoisotopic (exact) mass is 141 g/mol. The molecule has 0 radical (unpaired) electrons. The van der Waals surface area contributed by atoms with Crippen LogP contribution in [0.2, 0.25) is 0 Å². The van der Waals surface area contributed by atoms with Crippen molar-refractivity contribution in [2.45, 2.75) is 40.5 Å². The van der Waals surface area contributed by atoms with E-state index in [9.17, 15) is 0 Å². The van der Waals surface area contributed by atoms with Crippen molar-refractivity contribution < 1.29 is 0 Å². The van der Waals surface area contributed by atoms with Gasteiger partial charge in [-0.15, -0.1) is 0 Å². The second kappa shape index (κ2) is 4.37. The van der Waals surface area contributed by atoms with E-state index in [2.05, 4.69) is 27.7 Å². The molecule has 10 heavy (non-hydrogen) atoms. The highest BCUT2D eigenvalue weighted by Gasteiger charge is 2.00. The highest BCUT2D eigenvalue weighted by molar-refractivity contribution is 5.09. The molecule has 1 heteroatoms. The molecule has 0 atom stereocenters. The van der Waals surface area contributed by atoms with Crippen molar-refractivity contribution in [1.29, 1.82) is 0 Å². The van der Waals surface area contributed by atoms with E-state index < -0.39 is 0 Å². The minimum Gasteiger partial charge on any atom is -0.402 e. The number of rotatable bonds is 3. The van der Waals surface area contributed by atoms with Gasteiger partial charge in [-0.3, -0.25) is 0 Å². The van der Waals surface area contributed by atoms with Crippen LogP contribution >= 0.6 is 0 Å². The Morgan fingerprint density at radius 1 is 1.40 bits per heavy atom. The SMILES string of the molecule is CCC/C(N)=C(/C)C(C)C. The molecule has 0 unspecified atom stereocenters. The first kappa shape index (κ1) is 9.54. The molecule has 1 nitrogen and oxygen atoms in total. The highest BCUT2D eigenvalue weighted by atomic mass is 14.6. The third-order valence-corrected chi connectivity index (χ3v) is 1.89. The Labute approximate surface area is 64.3 Å². The van der Waals surface area contributed by atoms with Crippen LogP contribution in [0.5, 0.6) is 0 Å². The summed E-state index contributed by atoms with van der Waals surface area (Å²) in [4.78, 5) is 0. The molecule has 0 spiro atoms. The number of hydrogen-bond donors (Lipinski definition) is 1. The van der Waals surface area contributed by atoms with E-state index in [1.165, 1.54) is 5.57 Å². The molecular weight excluding hydrogens is 122 g/mol. The number of hydrogen-bond acceptors (Lipinski definition) is 1. The van der Waals surface area contributed by atoms with Crippen LogP contribution in [0.4, 0.5) is 0 Å². The summed E-state index contributed by atoms with van der Waals surface area (Å²) in [6.07, 6.45) is 2.19. The Hall–Kier alpha value is -0.460. The fourth-order valence-electron chi connectivity index (χ4n) is 0.837. The summed E-state index contributed by atoms with van der Waals surface area (Å²) in [5.41, 5.74) is 8.24. The standard InChI is InChI=1S/C9H19N/c1-5-6-9(10)8(4)7(2)3/h7H,5-6,10H2,1-4H3/b9-8+. The van der Waals surface area contributed by atoms with Crippen LogP contribution in [0.3, 0.4) is 0 Å². The molecule has 2 N–H and O–H groups in total. The molecule has 0 aromatic heterocycles. The van der Waals surface area contributed by atoms with E-state index in [4.69, 9.17) is 5.73 Å². The van der Waals surface area contributed by atoms with Crippen LogP contribution in [-0.2, 0) is 0 Å². The Morgan fingerprint density at radius 3 is 2.20 bits per heavy atom. The minimum absolute atomic E-state index is 0.603. The molecule has 0 amide bonds. The van der Waals surface area contributed by atoms with Crippen molar-refractivity contribution >= 4 is 0 Å². The van der Waals surface area contributed by atoms with Gasteiger partial charge in [0.1, 0.15) is 0 Å². The van der Waals surface area contributed by atoms with Crippen molar-refractivity contribution in [1.82, 2.24) is 0 Å². The molecular formula is C9H19N. The first-order valence-electron chi connectivity index (χ1n) is 4.04. The minimum atomic E-state index is 0.603. The van der Waals surface area contributed by atoms with Crippen LogP contribution in [0.25, 0.3) is 0 Å². The summed E-state index contributed by atoms with van der Waals surface area (Å²) in [5, 5.41) is 0. The largest absolute Gasteiger partial charge is 0.402 e. The van der Waals surface area contributed by atoms with Crippen LogP contribution in [0.1, 0.15) is 40.5 Å². The maximum atomic E-state index is 5.81. The van der Waals surface area contributed by atoms with Gasteiger partial charge in [-0.05, 0) is 19.3 Å². The van der Waals surface area contributed by atoms with E-state index in [0.717, 1.165) is 18.5 Å². The lowest BCUT2D eigenvalue weighted by molar-refractivity contribution is 0.733. The maximum absolute atomic E-state index is 5.81. The molecule has 0 aliphatic heterocycles. The van der Waals surface area contributed by atoms with Crippen LogP contribution < -0.4 is 5.73 Å². The lowest BCUT2D eigenvalue weighted by Crippen LogP contribution is -2.04. The fourth-order valence-corrected chi connectivity index (χ4v) is 0.837. The van der Waals surface area contributed by atoms with Crippen molar-refractivity contribution in [3.05, 3.63) is 11.3 Å². The zero-order chi connectivity index (χ0) is 8.15. The predicted octanol–water partition coefficient (Wildman–Crippen LogP) is 2.68. The predicted molar refractivity (Wildman–Crippen MR) is 46.6 cm³/mol. The van der Waals surface area contributed by atoms with Gasteiger partial charge in [-0.25, -0.2) is 0 Å². The zero-order valence-electron chi connectivity index (χ0n) is 7.57. The first-order valence-corrected chi connectivity index (χ1v) is 4.04. The topological polar surface area (TPSA) is 26.0 Å². The van der Waals surface area contributed by atoms with E-state index in [0.29, 0.717) is 5.92 Å². The van der Waals surface area contributed by atoms with Gasteiger partial charge in [0.05, 0.1) is 0 Å². The Kier molecular flexibility index (Phi) is 4.17. The quantitative estimate of drug-likeness (QED) is 0.642. The zero-order valence-corrected chi connectivity index (χ0v) is 7.57. The highest BCUT2D eigenvalue weighted by Crippen LogP contribution is 2.13. The van der Waals surface area contributed by atoms with Crippen LogP contribution in [0, 0.1) is 5.92 Å². The van der Waals surface area contributed by atoms with E-state index in [1.807, 2.05) is 0 Å². The van der Waals surface area contributed by atoms with Crippen molar-refractivity contribution in [2.75, 3.05) is 0 Å². The maximum Gasteiger partial charge on any atom is 0.00720 e. The first-order chi connectivity index (χ1) is 4.59. The molecule has 0 saturated carbocycles. The summed E-state index contributed by atoms with van der Waals surface area (Å²) in [5.74, 6) is 0.603. The molecule has 0 aliphatic carbocycles. The molecule has 0 heterocycles. The van der Waals surface area contributed by atoms with Crippen molar-refractivity contribution in [3.63, 3.8) is 0 Å². The summed E-state index contributed by atoms with van der Waals surface area (Å²) in [6, 6.07) is 0. The van der Waals surface area contributed by atoms with Crippen LogP contribution in [-0.4, -0.2) is 0 Å². The van der Waals surface area contributed by atoms with Crippen molar-refractivity contribution in [3.8, 4) is 0 Å². The fraction of sp³-hybridized carbons (Fsp3) is 0.778. The average molecular weight is 141 g/mol. The molecule has 0 rings (SSSR count). The Balaban J connectivity index is 4.05. The van der Waals surface area contributed by atoms with Gasteiger partial charge < -0.3 is 5.73 Å². The van der Waals surface area contributed by atoms with Crippen LogP contribution in [0.15, 0.2) is 11.3 Å². The molecule has 0 aliphatic rings. The summed E-state index contributed by atoms with van der Waals surface area (Å²) in [6.45, 7) is 8.63. The molecule has 0 saturated heterocycles. The van der Waals surface area contributed by atoms with E-state index >= 15 is 0 Å². The second-order valence-electron chi connectivity index (χ2n) is 3.11. The smallest absolute Gasteiger partial charge is 0.00720 e. The van der Waals surface area contributed by atoms with Gasteiger partial charge >= 0.3 is 0 Å².